The summed E-state index contributed by atoms with van der Waals surface area (Å²) in [4.78, 5) is -0.842. The van der Waals surface area contributed by atoms with Gasteiger partial charge in [-0.3, -0.25) is 0 Å². The Bertz CT molecular complexity index is 759. The second-order valence-electron chi connectivity index (χ2n) is 5.16. The summed E-state index contributed by atoms with van der Waals surface area (Å²) < 4.78 is 74.1. The van der Waals surface area contributed by atoms with Gasteiger partial charge in [-0.1, -0.05) is 0 Å². The molecule has 120 valence electrons. The van der Waals surface area contributed by atoms with Gasteiger partial charge in [0, 0.05) is 18.9 Å². The van der Waals surface area contributed by atoms with Crippen molar-refractivity contribution in [2.75, 3.05) is 18.5 Å². The summed E-state index contributed by atoms with van der Waals surface area (Å²) in [6.45, 7) is 2.17. The van der Waals surface area contributed by atoms with E-state index >= 15 is 0 Å². The molecule has 0 fully saturated rings. The fraction of sp³-hybridized carbons (Fsp3) is 0.455. The van der Waals surface area contributed by atoms with Crippen LogP contribution in [0.5, 0.6) is 0 Å². The lowest BCUT2D eigenvalue weighted by molar-refractivity contribution is 0.528. The Hall–Kier alpha value is -1.26. The van der Waals surface area contributed by atoms with E-state index in [0.717, 1.165) is 6.26 Å². The number of hydrogen-bond acceptors (Lipinski definition) is 5. The summed E-state index contributed by atoms with van der Waals surface area (Å²) in [7, 11) is -7.90. The summed E-state index contributed by atoms with van der Waals surface area (Å²) in [6, 6.07) is 0.992. The highest BCUT2D eigenvalue weighted by atomic mass is 32.2. The van der Waals surface area contributed by atoms with Crippen molar-refractivity contribution in [3.63, 3.8) is 0 Å². The standard InChI is InChI=1S/C11H16F2N2O4S2/c1-11(2,20(3,16)17)6-15-21(18,19)10-5-9(14)7(12)4-8(10)13/h4-5,15H,6,14H2,1-3H3. The zero-order valence-electron chi connectivity index (χ0n) is 11.6. The quantitative estimate of drug-likeness (QED) is 0.764. The first kappa shape index (κ1) is 17.8. The topological polar surface area (TPSA) is 106 Å². The Kier molecular flexibility index (Phi) is 4.66. The van der Waals surface area contributed by atoms with Gasteiger partial charge in [0.25, 0.3) is 0 Å². The van der Waals surface area contributed by atoms with Gasteiger partial charge in [0.1, 0.15) is 16.5 Å². The third kappa shape index (κ3) is 3.89. The molecule has 0 bridgehead atoms. The van der Waals surface area contributed by atoms with E-state index in [2.05, 4.69) is 0 Å². The number of anilines is 1. The second kappa shape index (κ2) is 5.50. The van der Waals surface area contributed by atoms with Crippen LogP contribution in [-0.2, 0) is 19.9 Å². The number of halogens is 2. The molecule has 0 saturated heterocycles. The molecule has 0 aromatic heterocycles. The van der Waals surface area contributed by atoms with E-state index in [4.69, 9.17) is 5.73 Å². The average molecular weight is 342 g/mol. The molecule has 0 radical (unpaired) electrons. The van der Waals surface area contributed by atoms with Crippen LogP contribution in [0.1, 0.15) is 13.8 Å². The fourth-order valence-corrected chi connectivity index (χ4v) is 2.96. The van der Waals surface area contributed by atoms with Gasteiger partial charge in [-0.15, -0.1) is 0 Å². The van der Waals surface area contributed by atoms with Gasteiger partial charge in [0.05, 0.1) is 10.4 Å². The smallest absolute Gasteiger partial charge is 0.243 e. The van der Waals surface area contributed by atoms with E-state index in [-0.39, 0.29) is 0 Å². The molecule has 0 saturated carbocycles. The summed E-state index contributed by atoms with van der Waals surface area (Å²) in [5, 5.41) is 0. The molecule has 0 unspecified atom stereocenters. The molecule has 1 aromatic rings. The van der Waals surface area contributed by atoms with Crippen molar-refractivity contribution < 1.29 is 25.6 Å². The predicted octanol–water partition coefficient (Wildman–Crippen LogP) is 0.649. The first-order valence-corrected chi connectivity index (χ1v) is 9.09. The Balaban J connectivity index is 3.12. The molecule has 6 nitrogen and oxygen atoms in total. The monoisotopic (exact) mass is 342 g/mol. The van der Waals surface area contributed by atoms with E-state index in [9.17, 15) is 25.6 Å². The van der Waals surface area contributed by atoms with Crippen LogP contribution in [-0.4, -0.2) is 34.4 Å². The summed E-state index contributed by atoms with van der Waals surface area (Å²) in [5.74, 6) is -2.39. The Labute approximate surface area is 122 Å². The zero-order valence-corrected chi connectivity index (χ0v) is 13.3. The van der Waals surface area contributed by atoms with Crippen molar-refractivity contribution in [3.8, 4) is 0 Å². The summed E-state index contributed by atoms with van der Waals surface area (Å²) >= 11 is 0. The number of nitrogens with one attached hydrogen (secondary N) is 1. The number of sulfonamides is 1. The van der Waals surface area contributed by atoms with Gasteiger partial charge in [-0.25, -0.2) is 30.3 Å². The highest BCUT2D eigenvalue weighted by Gasteiger charge is 2.32. The molecule has 0 amide bonds. The van der Waals surface area contributed by atoms with E-state index in [0.29, 0.717) is 12.1 Å². The van der Waals surface area contributed by atoms with Crippen LogP contribution in [0.15, 0.2) is 17.0 Å². The lowest BCUT2D eigenvalue weighted by atomic mass is 10.2. The Morgan fingerprint density at radius 3 is 2.14 bits per heavy atom. The molecule has 0 atom stereocenters. The van der Waals surface area contributed by atoms with Crippen molar-refractivity contribution >= 4 is 25.5 Å². The largest absolute Gasteiger partial charge is 0.396 e. The van der Waals surface area contributed by atoms with Crippen LogP contribution >= 0.6 is 0 Å². The van der Waals surface area contributed by atoms with Crippen LogP contribution < -0.4 is 10.5 Å². The average Bonchev–Trinajstić information content (AvgIpc) is 2.30. The molecular formula is C11H16F2N2O4S2. The molecule has 21 heavy (non-hydrogen) atoms. The van der Waals surface area contributed by atoms with Gasteiger partial charge in [-0.2, -0.15) is 0 Å². The maximum atomic E-state index is 13.5. The van der Waals surface area contributed by atoms with Gasteiger partial charge < -0.3 is 5.73 Å². The fourth-order valence-electron chi connectivity index (χ4n) is 1.23. The van der Waals surface area contributed by atoms with Crippen LogP contribution in [0.25, 0.3) is 0 Å². The van der Waals surface area contributed by atoms with Crippen LogP contribution in [0.4, 0.5) is 14.5 Å². The second-order valence-corrected chi connectivity index (χ2v) is 9.55. The summed E-state index contributed by atoms with van der Waals surface area (Å²) in [5.41, 5.74) is 4.68. The van der Waals surface area contributed by atoms with Crippen LogP contribution in [0, 0.1) is 11.6 Å². The van der Waals surface area contributed by atoms with Crippen molar-refractivity contribution in [2.24, 2.45) is 0 Å². The number of benzene rings is 1. The zero-order chi connectivity index (χ0) is 16.6. The molecule has 0 spiro atoms. The van der Waals surface area contributed by atoms with Gasteiger partial charge in [0.15, 0.2) is 9.84 Å². The number of rotatable bonds is 5. The maximum absolute atomic E-state index is 13.5. The van der Waals surface area contributed by atoms with Crippen LogP contribution in [0.2, 0.25) is 0 Å². The van der Waals surface area contributed by atoms with E-state index in [1.807, 2.05) is 4.72 Å². The molecule has 0 aliphatic rings. The number of sulfone groups is 1. The van der Waals surface area contributed by atoms with Gasteiger partial charge in [0.2, 0.25) is 10.0 Å². The van der Waals surface area contributed by atoms with E-state index in [1.54, 1.807) is 0 Å². The minimum atomic E-state index is -4.36. The molecule has 1 rings (SSSR count). The lowest BCUT2D eigenvalue weighted by Gasteiger charge is -2.22. The molecule has 0 aliphatic carbocycles. The molecular weight excluding hydrogens is 326 g/mol. The SMILES string of the molecule is CC(C)(CNS(=O)(=O)c1cc(N)c(F)cc1F)S(C)(=O)=O. The number of hydrogen-bond donors (Lipinski definition) is 2. The predicted molar refractivity (Wildman–Crippen MR) is 74.9 cm³/mol. The van der Waals surface area contributed by atoms with Gasteiger partial charge >= 0.3 is 0 Å². The van der Waals surface area contributed by atoms with E-state index in [1.165, 1.54) is 13.8 Å². The Morgan fingerprint density at radius 1 is 1.14 bits per heavy atom. The van der Waals surface area contributed by atoms with E-state index < -0.39 is 53.4 Å². The lowest BCUT2D eigenvalue weighted by Crippen LogP contribution is -2.43. The highest BCUT2D eigenvalue weighted by Crippen LogP contribution is 2.22. The molecule has 0 aliphatic heterocycles. The Morgan fingerprint density at radius 2 is 1.67 bits per heavy atom. The molecule has 3 N–H and O–H groups in total. The first-order chi connectivity index (χ1) is 9.28. The normalized spacial score (nSPS) is 13.4. The maximum Gasteiger partial charge on any atom is 0.243 e. The molecule has 0 heterocycles. The van der Waals surface area contributed by atoms with Gasteiger partial charge in [-0.05, 0) is 19.9 Å². The van der Waals surface area contributed by atoms with Crippen molar-refractivity contribution in [1.29, 1.82) is 0 Å². The minimum absolute atomic E-state index is 0.353. The van der Waals surface area contributed by atoms with Crippen molar-refractivity contribution in [3.05, 3.63) is 23.8 Å². The third-order valence-corrected chi connectivity index (χ3v) is 6.60. The van der Waals surface area contributed by atoms with Crippen LogP contribution in [0.3, 0.4) is 0 Å². The van der Waals surface area contributed by atoms with Crippen molar-refractivity contribution in [1.82, 2.24) is 4.72 Å². The summed E-state index contributed by atoms with van der Waals surface area (Å²) in [6.07, 6.45) is 0.956. The minimum Gasteiger partial charge on any atom is -0.396 e. The first-order valence-electron chi connectivity index (χ1n) is 5.72. The van der Waals surface area contributed by atoms with Crippen molar-refractivity contribution in [2.45, 2.75) is 23.5 Å². The molecule has 10 heteroatoms. The highest BCUT2D eigenvalue weighted by molar-refractivity contribution is 7.92. The molecule has 1 aromatic carbocycles. The number of nitrogen functional groups attached to an aromatic ring is 1. The third-order valence-electron chi connectivity index (χ3n) is 3.03. The number of nitrogens with two attached hydrogens (primary N) is 1.